The Morgan fingerprint density at radius 1 is 0.865 bits per heavy atom. The number of allylic oxidation sites excluding steroid dienone is 3. The molecule has 0 unspecified atom stereocenters. The lowest BCUT2D eigenvalue weighted by Gasteiger charge is -2.28. The normalized spacial score (nSPS) is 15.0. The van der Waals surface area contributed by atoms with Gasteiger partial charge in [0.05, 0.1) is 11.5 Å². The maximum Gasteiger partial charge on any atom is 0.350 e. The summed E-state index contributed by atoms with van der Waals surface area (Å²) >= 11 is 0. The Bertz CT molecular complexity index is 1220. The summed E-state index contributed by atoms with van der Waals surface area (Å²) < 4.78 is 32.9. The number of benzene rings is 2. The minimum absolute atomic E-state index is 0.0426. The summed E-state index contributed by atoms with van der Waals surface area (Å²) in [6.45, 7) is 3.80. The van der Waals surface area contributed by atoms with Gasteiger partial charge >= 0.3 is 5.97 Å². The summed E-state index contributed by atoms with van der Waals surface area (Å²) in [5, 5.41) is 0. The van der Waals surface area contributed by atoms with Gasteiger partial charge in [-0.15, -0.1) is 0 Å². The molecule has 0 atom stereocenters. The van der Waals surface area contributed by atoms with E-state index in [0.29, 0.717) is 42.6 Å². The number of hydrogen-bond acceptors (Lipinski definition) is 5. The molecule has 3 rings (SSSR count). The Morgan fingerprint density at radius 2 is 1.49 bits per heavy atom. The number of anilines is 1. The maximum atomic E-state index is 13.7. The van der Waals surface area contributed by atoms with Crippen LogP contribution in [-0.4, -0.2) is 26.9 Å². The highest BCUT2D eigenvalue weighted by Crippen LogP contribution is 2.34. The van der Waals surface area contributed by atoms with Crippen LogP contribution < -0.4 is 4.90 Å². The SMILES string of the molecule is CCCCCCCCOC(=O)/C(=C1/C=C(N(C(C)=O)c2ccccc2)CCC1)S(=O)(=O)c1ccccc1. The summed E-state index contributed by atoms with van der Waals surface area (Å²) in [5.74, 6) is -1.02. The Kier molecular flexibility index (Phi) is 10.7. The van der Waals surface area contributed by atoms with Crippen molar-refractivity contribution in [3.8, 4) is 0 Å². The largest absolute Gasteiger partial charge is 0.462 e. The number of carbonyl (C=O) groups excluding carboxylic acids is 2. The molecule has 1 aliphatic rings. The second kappa shape index (κ2) is 13.9. The fourth-order valence-electron chi connectivity index (χ4n) is 4.53. The van der Waals surface area contributed by atoms with Crippen LogP contribution in [0.3, 0.4) is 0 Å². The van der Waals surface area contributed by atoms with Gasteiger partial charge in [-0.05, 0) is 61.6 Å². The van der Waals surface area contributed by atoms with Gasteiger partial charge in [0, 0.05) is 18.3 Å². The van der Waals surface area contributed by atoms with Gasteiger partial charge in [-0.1, -0.05) is 75.4 Å². The van der Waals surface area contributed by atoms with E-state index in [-0.39, 0.29) is 22.3 Å². The van der Waals surface area contributed by atoms with Crippen LogP contribution in [0.15, 0.2) is 87.8 Å². The molecule has 1 amide bonds. The molecule has 0 heterocycles. The van der Waals surface area contributed by atoms with Crippen LogP contribution in [-0.2, 0) is 24.2 Å². The van der Waals surface area contributed by atoms with E-state index in [1.54, 1.807) is 29.2 Å². The van der Waals surface area contributed by atoms with Gasteiger partial charge in [0.1, 0.15) is 0 Å². The van der Waals surface area contributed by atoms with Crippen molar-refractivity contribution in [2.24, 2.45) is 0 Å². The average Bonchev–Trinajstić information content (AvgIpc) is 2.89. The summed E-state index contributed by atoms with van der Waals surface area (Å²) in [7, 11) is -4.13. The van der Waals surface area contributed by atoms with Gasteiger partial charge in [0.2, 0.25) is 15.7 Å². The number of unbranched alkanes of at least 4 members (excludes halogenated alkanes) is 5. The minimum atomic E-state index is -4.13. The topological polar surface area (TPSA) is 80.8 Å². The van der Waals surface area contributed by atoms with Gasteiger partial charge in [0.15, 0.2) is 4.91 Å². The monoisotopic (exact) mass is 523 g/mol. The van der Waals surface area contributed by atoms with Crippen LogP contribution in [0.5, 0.6) is 0 Å². The number of rotatable bonds is 12. The smallest absolute Gasteiger partial charge is 0.350 e. The Morgan fingerprint density at radius 3 is 2.14 bits per heavy atom. The number of ether oxygens (including phenoxy) is 1. The molecule has 0 spiro atoms. The fraction of sp³-hybridized carbons (Fsp3) is 0.400. The lowest BCUT2D eigenvalue weighted by Crippen LogP contribution is -2.29. The van der Waals surface area contributed by atoms with E-state index in [4.69, 9.17) is 4.74 Å². The average molecular weight is 524 g/mol. The predicted molar refractivity (Wildman–Crippen MR) is 147 cm³/mol. The first-order chi connectivity index (χ1) is 17.9. The summed E-state index contributed by atoms with van der Waals surface area (Å²) in [5.41, 5.74) is 1.73. The molecule has 0 N–H and O–H groups in total. The molecule has 7 heteroatoms. The third kappa shape index (κ3) is 7.65. The first-order valence-electron chi connectivity index (χ1n) is 13.1. The van der Waals surface area contributed by atoms with Crippen LogP contribution in [0, 0.1) is 0 Å². The molecule has 0 aromatic heterocycles. The number of hydrogen-bond donors (Lipinski definition) is 0. The van der Waals surface area contributed by atoms with E-state index in [1.807, 2.05) is 30.3 Å². The zero-order chi connectivity index (χ0) is 26.7. The number of para-hydroxylation sites is 1. The highest BCUT2D eigenvalue weighted by atomic mass is 32.2. The molecule has 2 aromatic carbocycles. The first-order valence-corrected chi connectivity index (χ1v) is 14.6. The van der Waals surface area contributed by atoms with Crippen molar-refractivity contribution in [3.05, 3.63) is 82.9 Å². The van der Waals surface area contributed by atoms with Crippen LogP contribution in [0.2, 0.25) is 0 Å². The summed E-state index contributed by atoms with van der Waals surface area (Å²) in [6.07, 6.45) is 9.44. The lowest BCUT2D eigenvalue weighted by molar-refractivity contribution is -0.138. The summed E-state index contributed by atoms with van der Waals surface area (Å²) in [4.78, 5) is 27.2. The molecule has 0 aliphatic heterocycles. The molecule has 37 heavy (non-hydrogen) atoms. The van der Waals surface area contributed by atoms with Crippen molar-refractivity contribution in [2.45, 2.75) is 76.5 Å². The van der Waals surface area contributed by atoms with Crippen molar-refractivity contribution in [3.63, 3.8) is 0 Å². The molecule has 1 aliphatic carbocycles. The van der Waals surface area contributed by atoms with E-state index in [2.05, 4.69) is 6.92 Å². The van der Waals surface area contributed by atoms with Crippen molar-refractivity contribution in [1.82, 2.24) is 0 Å². The van der Waals surface area contributed by atoms with Gasteiger partial charge < -0.3 is 4.74 Å². The number of sulfone groups is 1. The maximum absolute atomic E-state index is 13.7. The van der Waals surface area contributed by atoms with Crippen LogP contribution in [0.4, 0.5) is 5.69 Å². The Labute approximate surface area is 220 Å². The number of carbonyl (C=O) groups is 2. The first kappa shape index (κ1) is 28.4. The molecule has 6 nitrogen and oxygen atoms in total. The van der Waals surface area contributed by atoms with Crippen molar-refractivity contribution < 1.29 is 22.7 Å². The molecular weight excluding hydrogens is 486 g/mol. The third-order valence-electron chi connectivity index (χ3n) is 6.37. The van der Waals surface area contributed by atoms with E-state index < -0.39 is 15.8 Å². The predicted octanol–water partition coefficient (Wildman–Crippen LogP) is 6.74. The van der Waals surface area contributed by atoms with Gasteiger partial charge in [-0.2, -0.15) is 0 Å². The summed E-state index contributed by atoms with van der Waals surface area (Å²) in [6, 6.07) is 17.2. The second-order valence-corrected chi connectivity index (χ2v) is 11.1. The molecular formula is C30H37NO5S. The van der Waals surface area contributed by atoms with Crippen molar-refractivity contribution in [2.75, 3.05) is 11.5 Å². The third-order valence-corrected chi connectivity index (χ3v) is 8.23. The molecule has 0 radical (unpaired) electrons. The minimum Gasteiger partial charge on any atom is -0.462 e. The van der Waals surface area contributed by atoms with E-state index in [1.165, 1.54) is 25.5 Å². The standard InChI is InChI=1S/C30H37NO5S/c1-3-4-5-6-7-14-22-36-30(33)29(37(34,35)28-20-12-9-13-21-28)25-16-15-19-27(23-25)31(24(2)32)26-17-10-8-11-18-26/h8-13,17-18,20-21,23H,3-7,14-16,19,22H2,1-2H3/b29-25-. The van der Waals surface area contributed by atoms with Crippen molar-refractivity contribution >= 4 is 27.4 Å². The second-order valence-electron chi connectivity index (χ2n) is 9.25. The Hall–Kier alpha value is -3.19. The number of amides is 1. The molecule has 0 bridgehead atoms. The number of esters is 1. The van der Waals surface area contributed by atoms with Gasteiger partial charge in [0.25, 0.3) is 0 Å². The highest BCUT2D eigenvalue weighted by Gasteiger charge is 2.33. The zero-order valence-electron chi connectivity index (χ0n) is 21.8. The van der Waals surface area contributed by atoms with E-state index >= 15 is 0 Å². The van der Waals surface area contributed by atoms with Gasteiger partial charge in [-0.3, -0.25) is 9.69 Å². The highest BCUT2D eigenvalue weighted by molar-refractivity contribution is 7.96. The Balaban J connectivity index is 1.97. The quantitative estimate of drug-likeness (QED) is 0.175. The molecule has 2 aromatic rings. The van der Waals surface area contributed by atoms with Crippen molar-refractivity contribution in [1.29, 1.82) is 0 Å². The van der Waals surface area contributed by atoms with E-state index in [9.17, 15) is 18.0 Å². The molecule has 198 valence electrons. The van der Waals surface area contributed by atoms with Crippen LogP contribution >= 0.6 is 0 Å². The van der Waals surface area contributed by atoms with E-state index in [0.717, 1.165) is 25.7 Å². The fourth-order valence-corrected chi connectivity index (χ4v) is 6.07. The molecule has 0 saturated carbocycles. The number of nitrogens with zero attached hydrogens (tertiary/aromatic N) is 1. The lowest BCUT2D eigenvalue weighted by atomic mass is 9.97. The van der Waals surface area contributed by atoms with Crippen LogP contribution in [0.1, 0.15) is 71.6 Å². The van der Waals surface area contributed by atoms with Gasteiger partial charge in [-0.25, -0.2) is 13.2 Å². The zero-order valence-corrected chi connectivity index (χ0v) is 22.6. The molecule has 0 fully saturated rings. The van der Waals surface area contributed by atoms with Crippen LogP contribution in [0.25, 0.3) is 0 Å². The molecule has 0 saturated heterocycles.